The summed E-state index contributed by atoms with van der Waals surface area (Å²) in [5.41, 5.74) is 1.62. The van der Waals surface area contributed by atoms with E-state index in [-0.39, 0.29) is 35.1 Å². The van der Waals surface area contributed by atoms with Gasteiger partial charge in [0.1, 0.15) is 5.69 Å². The molecular weight excluding hydrogens is 392 g/mol. The van der Waals surface area contributed by atoms with Crippen molar-refractivity contribution in [2.75, 3.05) is 7.11 Å². The number of hydrogen-bond acceptors (Lipinski definition) is 4. The highest BCUT2D eigenvalue weighted by Gasteiger charge is 2.22. The Morgan fingerprint density at radius 2 is 1.83 bits per heavy atom. The van der Waals surface area contributed by atoms with E-state index in [0.29, 0.717) is 21.5 Å². The fourth-order valence-electron chi connectivity index (χ4n) is 3.08. The fourth-order valence-corrected chi connectivity index (χ4v) is 3.35. The van der Waals surface area contributed by atoms with Crippen molar-refractivity contribution < 1.29 is 14.3 Å². The molecule has 1 amide bonds. The van der Waals surface area contributed by atoms with Crippen molar-refractivity contribution in [3.05, 3.63) is 69.0 Å². The summed E-state index contributed by atoms with van der Waals surface area (Å²) in [6.45, 7) is 3.40. The summed E-state index contributed by atoms with van der Waals surface area (Å²) in [5, 5.41) is 3.50. The van der Waals surface area contributed by atoms with Crippen molar-refractivity contribution in [2.45, 2.75) is 20.4 Å². The van der Waals surface area contributed by atoms with E-state index in [1.807, 2.05) is 30.3 Å². The lowest BCUT2D eigenvalue weighted by Crippen LogP contribution is -2.31. The van der Waals surface area contributed by atoms with Gasteiger partial charge in [-0.15, -0.1) is 0 Å². The first-order valence-electron chi connectivity index (χ1n) is 9.14. The number of ether oxygens (including phenoxy) is 1. The van der Waals surface area contributed by atoms with Gasteiger partial charge in [-0.3, -0.25) is 9.59 Å². The van der Waals surface area contributed by atoms with E-state index >= 15 is 0 Å². The number of aromatic amines is 1. The van der Waals surface area contributed by atoms with Gasteiger partial charge in [0.2, 0.25) is 5.91 Å². The monoisotopic (exact) mass is 412 g/mol. The Kier molecular flexibility index (Phi) is 6.03. The highest BCUT2D eigenvalue weighted by molar-refractivity contribution is 6.35. The summed E-state index contributed by atoms with van der Waals surface area (Å²) in [4.78, 5) is 40.6. The van der Waals surface area contributed by atoms with Gasteiger partial charge in [-0.05, 0) is 17.7 Å². The average Bonchev–Trinajstić information content (AvgIpc) is 2.72. The van der Waals surface area contributed by atoms with Crippen LogP contribution in [-0.4, -0.2) is 24.0 Å². The summed E-state index contributed by atoms with van der Waals surface area (Å²) in [6, 6.07) is 12.6. The molecule has 29 heavy (non-hydrogen) atoms. The number of aromatic nitrogens is 1. The standard InChI is InChI=1S/C22H21ClN2O4/c1-12(2)21(27)24-11-15-19(22(28)29-3)25-18-14(20(15)26)9-10-16(23)17(18)13-7-5-4-6-8-13/h4-10,12H,11H2,1-3H3,(H,24,27)(H,25,26). The first kappa shape index (κ1) is 20.6. The molecule has 2 aromatic carbocycles. The largest absolute Gasteiger partial charge is 0.464 e. The van der Waals surface area contributed by atoms with E-state index in [4.69, 9.17) is 16.3 Å². The predicted octanol–water partition coefficient (Wildman–Crippen LogP) is 3.91. The van der Waals surface area contributed by atoms with Crippen LogP contribution in [0.25, 0.3) is 22.0 Å². The number of benzene rings is 2. The first-order valence-corrected chi connectivity index (χ1v) is 9.51. The molecule has 0 unspecified atom stereocenters. The molecule has 3 aromatic rings. The summed E-state index contributed by atoms with van der Waals surface area (Å²) in [6.07, 6.45) is 0. The lowest BCUT2D eigenvalue weighted by molar-refractivity contribution is -0.124. The number of pyridine rings is 1. The van der Waals surface area contributed by atoms with Crippen LogP contribution in [0, 0.1) is 5.92 Å². The number of rotatable bonds is 5. The Morgan fingerprint density at radius 1 is 1.14 bits per heavy atom. The number of carbonyl (C=O) groups is 2. The van der Waals surface area contributed by atoms with Gasteiger partial charge in [0.05, 0.1) is 23.2 Å². The second kappa shape index (κ2) is 8.49. The zero-order chi connectivity index (χ0) is 21.1. The quantitative estimate of drug-likeness (QED) is 0.622. The zero-order valence-electron chi connectivity index (χ0n) is 16.3. The number of nitrogens with one attached hydrogen (secondary N) is 2. The lowest BCUT2D eigenvalue weighted by atomic mass is 9.99. The van der Waals surface area contributed by atoms with Gasteiger partial charge in [-0.2, -0.15) is 0 Å². The van der Waals surface area contributed by atoms with Crippen molar-refractivity contribution in [3.63, 3.8) is 0 Å². The Balaban J connectivity index is 2.27. The van der Waals surface area contributed by atoms with Gasteiger partial charge in [-0.25, -0.2) is 4.79 Å². The third-order valence-corrected chi connectivity index (χ3v) is 4.96. The van der Waals surface area contributed by atoms with Crippen LogP contribution in [-0.2, 0) is 16.1 Å². The molecule has 0 atom stereocenters. The van der Waals surface area contributed by atoms with Crippen LogP contribution in [0.15, 0.2) is 47.3 Å². The lowest BCUT2D eigenvalue weighted by Gasteiger charge is -2.15. The molecule has 0 aliphatic heterocycles. The average molecular weight is 413 g/mol. The number of hydrogen-bond donors (Lipinski definition) is 2. The summed E-state index contributed by atoms with van der Waals surface area (Å²) < 4.78 is 4.86. The highest BCUT2D eigenvalue weighted by atomic mass is 35.5. The molecule has 0 radical (unpaired) electrons. The van der Waals surface area contributed by atoms with Gasteiger partial charge in [0, 0.05) is 23.4 Å². The maximum atomic E-state index is 13.2. The molecule has 1 heterocycles. The normalized spacial score (nSPS) is 10.9. The van der Waals surface area contributed by atoms with Crippen molar-refractivity contribution >= 4 is 34.4 Å². The molecule has 0 aliphatic rings. The molecule has 0 saturated carbocycles. The molecule has 0 aliphatic carbocycles. The minimum absolute atomic E-state index is 0.00601. The molecule has 7 heteroatoms. The highest BCUT2D eigenvalue weighted by Crippen LogP contribution is 2.33. The summed E-state index contributed by atoms with van der Waals surface area (Å²) in [7, 11) is 1.23. The molecule has 1 aromatic heterocycles. The number of carbonyl (C=O) groups excluding carboxylic acids is 2. The maximum absolute atomic E-state index is 13.2. The number of H-pyrrole nitrogens is 1. The summed E-state index contributed by atoms with van der Waals surface area (Å²) in [5.74, 6) is -1.17. The molecule has 6 nitrogen and oxygen atoms in total. The van der Waals surface area contributed by atoms with Gasteiger partial charge < -0.3 is 15.0 Å². The van der Waals surface area contributed by atoms with Gasteiger partial charge >= 0.3 is 5.97 Å². The van der Waals surface area contributed by atoms with Crippen LogP contribution in [0.3, 0.4) is 0 Å². The van der Waals surface area contributed by atoms with E-state index in [2.05, 4.69) is 10.3 Å². The zero-order valence-corrected chi connectivity index (χ0v) is 17.1. The minimum atomic E-state index is -0.697. The van der Waals surface area contributed by atoms with Crippen LogP contribution in [0.4, 0.5) is 0 Å². The maximum Gasteiger partial charge on any atom is 0.354 e. The van der Waals surface area contributed by atoms with E-state index in [1.54, 1.807) is 26.0 Å². The number of amides is 1. The van der Waals surface area contributed by atoms with E-state index in [9.17, 15) is 14.4 Å². The van der Waals surface area contributed by atoms with Crippen molar-refractivity contribution in [3.8, 4) is 11.1 Å². The first-order chi connectivity index (χ1) is 13.8. The number of methoxy groups -OCH3 is 1. The molecule has 0 fully saturated rings. The number of esters is 1. The third-order valence-electron chi connectivity index (χ3n) is 4.64. The smallest absolute Gasteiger partial charge is 0.354 e. The van der Waals surface area contributed by atoms with E-state index < -0.39 is 5.97 Å². The second-order valence-electron chi connectivity index (χ2n) is 6.88. The van der Waals surface area contributed by atoms with Crippen LogP contribution in [0.2, 0.25) is 5.02 Å². The van der Waals surface area contributed by atoms with E-state index in [0.717, 1.165) is 5.56 Å². The van der Waals surface area contributed by atoms with Gasteiger partial charge in [0.15, 0.2) is 5.43 Å². The van der Waals surface area contributed by atoms with Gasteiger partial charge in [0.25, 0.3) is 0 Å². The van der Waals surface area contributed by atoms with Crippen LogP contribution in [0.1, 0.15) is 29.9 Å². The summed E-state index contributed by atoms with van der Waals surface area (Å²) >= 11 is 6.44. The second-order valence-corrected chi connectivity index (χ2v) is 7.29. The van der Waals surface area contributed by atoms with Gasteiger partial charge in [-0.1, -0.05) is 55.8 Å². The molecular formula is C22H21ClN2O4. The van der Waals surface area contributed by atoms with Crippen molar-refractivity contribution in [1.29, 1.82) is 0 Å². The molecule has 0 saturated heterocycles. The molecule has 0 bridgehead atoms. The van der Waals surface area contributed by atoms with Crippen LogP contribution in [0.5, 0.6) is 0 Å². The SMILES string of the molecule is COC(=O)c1[nH]c2c(-c3ccccc3)c(Cl)ccc2c(=O)c1CNC(=O)C(C)C. The van der Waals surface area contributed by atoms with Crippen LogP contribution >= 0.6 is 11.6 Å². The molecule has 3 rings (SSSR count). The topological polar surface area (TPSA) is 88.3 Å². The van der Waals surface area contributed by atoms with Crippen molar-refractivity contribution in [2.24, 2.45) is 5.92 Å². The minimum Gasteiger partial charge on any atom is -0.464 e. The Hall–Kier alpha value is -3.12. The molecule has 0 spiro atoms. The Labute approximate surface area is 172 Å². The fraction of sp³-hybridized carbons (Fsp3) is 0.227. The third kappa shape index (κ3) is 4.03. The molecule has 2 N–H and O–H groups in total. The van der Waals surface area contributed by atoms with E-state index in [1.165, 1.54) is 7.11 Å². The van der Waals surface area contributed by atoms with Crippen molar-refractivity contribution in [1.82, 2.24) is 10.3 Å². The Morgan fingerprint density at radius 3 is 2.45 bits per heavy atom. The molecule has 150 valence electrons. The predicted molar refractivity (Wildman–Crippen MR) is 113 cm³/mol. The van der Waals surface area contributed by atoms with Crippen LogP contribution < -0.4 is 10.7 Å². The number of fused-ring (bicyclic) bond motifs is 1. The Bertz CT molecular complexity index is 1140. The number of halogens is 1.